The summed E-state index contributed by atoms with van der Waals surface area (Å²) in [5, 5.41) is 11.2. The Hall–Kier alpha value is -5.49. The minimum Gasteiger partial charge on any atom is -0.477 e. The van der Waals surface area contributed by atoms with Gasteiger partial charge in [0.25, 0.3) is 0 Å². The molecule has 0 atom stereocenters. The highest BCUT2D eigenvalue weighted by Gasteiger charge is 2.18. The molecular formula is C46H59N9O2. The summed E-state index contributed by atoms with van der Waals surface area (Å²) in [5.41, 5.74) is 18.1. The molecule has 2 fully saturated rings. The lowest BCUT2D eigenvalue weighted by Crippen LogP contribution is -2.34. The molecule has 0 saturated carbocycles. The van der Waals surface area contributed by atoms with Crippen molar-refractivity contribution in [2.24, 2.45) is 5.92 Å². The Morgan fingerprint density at radius 3 is 1.96 bits per heavy atom. The maximum Gasteiger partial charge on any atom is 0.213 e. The number of hydrogen-bond donors (Lipinski definition) is 4. The van der Waals surface area contributed by atoms with Gasteiger partial charge in [0.05, 0.1) is 48.8 Å². The van der Waals surface area contributed by atoms with E-state index >= 15 is 0 Å². The molecule has 11 nitrogen and oxygen atoms in total. The van der Waals surface area contributed by atoms with Gasteiger partial charge in [-0.2, -0.15) is 0 Å². The topological polar surface area (TPSA) is 140 Å². The zero-order chi connectivity index (χ0) is 38.7. The Labute approximate surface area is 337 Å². The van der Waals surface area contributed by atoms with Crippen LogP contribution in [0.15, 0.2) is 104 Å². The molecular weight excluding hydrogens is 711 g/mol. The number of fused-ring (bicyclic) bond motifs is 2. The SMILES string of the molecule is C.CN1CCC(COc2ccc(NCc3ccc4c(N)nccc4c3)cn2)CC1.CN1CCC(OCc2ccc(NCc3ccc4c(N)cccc4c3)cn2)CC1. The van der Waals surface area contributed by atoms with Crippen LogP contribution < -0.4 is 26.8 Å². The first-order valence-electron chi connectivity index (χ1n) is 19.7. The number of likely N-dealkylation sites (tertiary alicyclic amines) is 2. The lowest BCUT2D eigenvalue weighted by atomic mass is 9.98. The van der Waals surface area contributed by atoms with Gasteiger partial charge in [-0.3, -0.25) is 4.98 Å². The maximum absolute atomic E-state index is 6.03. The molecule has 3 aromatic heterocycles. The molecule has 0 amide bonds. The number of pyridine rings is 3. The van der Waals surface area contributed by atoms with Crippen LogP contribution in [-0.4, -0.2) is 77.7 Å². The summed E-state index contributed by atoms with van der Waals surface area (Å²) in [6.45, 7) is 7.34. The third kappa shape index (κ3) is 11.8. The second-order valence-electron chi connectivity index (χ2n) is 15.2. The van der Waals surface area contributed by atoms with Crippen LogP contribution in [0.1, 0.15) is 49.9 Å². The quantitative estimate of drug-likeness (QED) is 0.0896. The molecule has 5 heterocycles. The van der Waals surface area contributed by atoms with Crippen molar-refractivity contribution in [3.05, 3.63) is 120 Å². The van der Waals surface area contributed by atoms with Crippen molar-refractivity contribution in [2.45, 2.75) is 58.9 Å². The molecule has 11 heteroatoms. The van der Waals surface area contributed by atoms with Gasteiger partial charge >= 0.3 is 0 Å². The molecule has 2 saturated heterocycles. The molecule has 0 aliphatic carbocycles. The van der Waals surface area contributed by atoms with Crippen molar-refractivity contribution in [3.8, 4) is 5.88 Å². The first-order chi connectivity index (χ1) is 27.3. The van der Waals surface area contributed by atoms with Crippen LogP contribution in [0.25, 0.3) is 21.5 Å². The fraction of sp³-hybridized carbons (Fsp3) is 0.370. The van der Waals surface area contributed by atoms with Crippen LogP contribution in [0.2, 0.25) is 0 Å². The second-order valence-corrected chi connectivity index (χ2v) is 15.2. The van der Waals surface area contributed by atoms with Crippen LogP contribution in [0.4, 0.5) is 22.9 Å². The molecule has 3 aromatic carbocycles. The summed E-state index contributed by atoms with van der Waals surface area (Å²) in [6.07, 6.45) is 10.4. The van der Waals surface area contributed by atoms with Gasteiger partial charge in [0.1, 0.15) is 5.82 Å². The van der Waals surface area contributed by atoms with Gasteiger partial charge in [-0.15, -0.1) is 0 Å². The zero-order valence-electron chi connectivity index (χ0n) is 32.7. The van der Waals surface area contributed by atoms with Crippen molar-refractivity contribution < 1.29 is 9.47 Å². The van der Waals surface area contributed by atoms with E-state index in [9.17, 15) is 0 Å². The van der Waals surface area contributed by atoms with Gasteiger partial charge in [-0.25, -0.2) is 9.97 Å². The van der Waals surface area contributed by atoms with Crippen LogP contribution in [0.3, 0.4) is 0 Å². The van der Waals surface area contributed by atoms with Gasteiger partial charge < -0.3 is 41.4 Å². The van der Waals surface area contributed by atoms with E-state index in [0.717, 1.165) is 97.6 Å². The van der Waals surface area contributed by atoms with Gasteiger partial charge in [0, 0.05) is 54.9 Å². The second kappa shape index (κ2) is 20.1. The van der Waals surface area contributed by atoms with E-state index < -0.39 is 0 Å². The summed E-state index contributed by atoms with van der Waals surface area (Å²) in [5.74, 6) is 1.89. The van der Waals surface area contributed by atoms with E-state index in [2.05, 4.69) is 91.9 Å². The minimum atomic E-state index is 0. The Morgan fingerprint density at radius 2 is 1.32 bits per heavy atom. The Bertz CT molecular complexity index is 1990. The summed E-state index contributed by atoms with van der Waals surface area (Å²) in [4.78, 5) is 17.8. The van der Waals surface area contributed by atoms with Gasteiger partial charge in [0.2, 0.25) is 5.88 Å². The van der Waals surface area contributed by atoms with Crippen molar-refractivity contribution in [1.29, 1.82) is 0 Å². The van der Waals surface area contributed by atoms with Crippen LogP contribution in [0, 0.1) is 5.92 Å². The van der Waals surface area contributed by atoms with Gasteiger partial charge in [0.15, 0.2) is 0 Å². The van der Waals surface area contributed by atoms with Crippen molar-refractivity contribution >= 4 is 44.4 Å². The molecule has 2 aliphatic heterocycles. The fourth-order valence-corrected chi connectivity index (χ4v) is 7.21. The Kier molecular flexibility index (Phi) is 14.5. The molecule has 0 bridgehead atoms. The first kappa shape index (κ1) is 41.2. The number of hydrogen-bond acceptors (Lipinski definition) is 11. The number of nitrogens with two attached hydrogens (primary N) is 2. The molecule has 300 valence electrons. The summed E-state index contributed by atoms with van der Waals surface area (Å²) in [7, 11) is 4.34. The largest absolute Gasteiger partial charge is 0.477 e. The third-order valence-electron chi connectivity index (χ3n) is 10.8. The van der Waals surface area contributed by atoms with Crippen LogP contribution in [-0.2, 0) is 24.4 Å². The predicted octanol–water partition coefficient (Wildman–Crippen LogP) is 8.22. The number of nitrogen functional groups attached to an aromatic ring is 2. The summed E-state index contributed by atoms with van der Waals surface area (Å²) < 4.78 is 11.9. The molecule has 0 spiro atoms. The highest BCUT2D eigenvalue weighted by Crippen LogP contribution is 2.24. The fourth-order valence-electron chi connectivity index (χ4n) is 7.21. The lowest BCUT2D eigenvalue weighted by molar-refractivity contribution is 0.000764. The molecule has 0 radical (unpaired) electrons. The first-order valence-corrected chi connectivity index (χ1v) is 19.7. The van der Waals surface area contributed by atoms with E-state index in [1.54, 1.807) is 6.20 Å². The molecule has 6 aromatic rings. The molecule has 6 N–H and O–H groups in total. The van der Waals surface area contributed by atoms with Crippen molar-refractivity contribution in [1.82, 2.24) is 24.8 Å². The maximum atomic E-state index is 6.03. The van der Waals surface area contributed by atoms with E-state index in [0.29, 0.717) is 30.3 Å². The molecule has 2 aliphatic rings. The normalized spacial score (nSPS) is 15.4. The van der Waals surface area contributed by atoms with Gasteiger partial charge in [-0.05, 0) is 123 Å². The zero-order valence-corrected chi connectivity index (χ0v) is 32.7. The average Bonchev–Trinajstić information content (AvgIpc) is 3.23. The van der Waals surface area contributed by atoms with Gasteiger partial charge in [-0.1, -0.05) is 43.8 Å². The van der Waals surface area contributed by atoms with Crippen molar-refractivity contribution in [2.75, 3.05) is 69.0 Å². The Balaban J connectivity index is 0.000000189. The number of aromatic nitrogens is 3. The van der Waals surface area contributed by atoms with E-state index in [4.69, 9.17) is 20.9 Å². The average molecular weight is 770 g/mol. The number of nitrogens with zero attached hydrogens (tertiary/aromatic N) is 5. The molecule has 0 unspecified atom stereocenters. The third-order valence-corrected chi connectivity index (χ3v) is 10.8. The van der Waals surface area contributed by atoms with E-state index in [1.807, 2.05) is 54.9 Å². The number of anilines is 4. The minimum absolute atomic E-state index is 0. The number of nitrogens with one attached hydrogen (secondary N) is 2. The summed E-state index contributed by atoms with van der Waals surface area (Å²) >= 11 is 0. The highest BCUT2D eigenvalue weighted by molar-refractivity contribution is 5.93. The van der Waals surface area contributed by atoms with E-state index in [1.165, 1.54) is 29.4 Å². The molecule has 8 rings (SSSR count). The summed E-state index contributed by atoms with van der Waals surface area (Å²) in [6, 6.07) is 28.7. The molecule has 57 heavy (non-hydrogen) atoms. The smallest absolute Gasteiger partial charge is 0.213 e. The number of piperidine rings is 2. The van der Waals surface area contributed by atoms with Crippen LogP contribution >= 0.6 is 0 Å². The van der Waals surface area contributed by atoms with Crippen LogP contribution in [0.5, 0.6) is 5.88 Å². The number of rotatable bonds is 12. The monoisotopic (exact) mass is 769 g/mol. The van der Waals surface area contributed by atoms with E-state index in [-0.39, 0.29) is 7.43 Å². The standard InChI is InChI=1S/C23H28N4O.C22H27N5O.CH4/c1-27-11-9-21(10-12-27)28-16-20-7-6-19(15-26-20)25-14-17-5-8-22-18(13-17)3-2-4-23(22)24;1-27-10-7-16(8-11-27)15-28-21-5-3-19(14-26-21)25-13-17-2-4-20-18(12-17)6-9-24-22(20)23;/h2-8,13,15,21,25H,9-12,14,16,24H2,1H3;2-6,9,12,14,16,25H,7-8,10-11,13,15H2,1H3,(H2,23,24);1H4. The number of ether oxygens (including phenoxy) is 2. The highest BCUT2D eigenvalue weighted by atomic mass is 16.5. The number of benzene rings is 3. The Morgan fingerprint density at radius 1 is 0.684 bits per heavy atom. The van der Waals surface area contributed by atoms with Crippen molar-refractivity contribution in [3.63, 3.8) is 0 Å². The lowest BCUT2D eigenvalue weighted by Gasteiger charge is -2.28. The predicted molar refractivity (Wildman–Crippen MR) is 235 cm³/mol.